The molecular formula is C15H12BrFN2S. The zero-order valence-corrected chi connectivity index (χ0v) is 13.2. The van der Waals surface area contributed by atoms with E-state index in [1.807, 2.05) is 25.1 Å². The lowest BCUT2D eigenvalue weighted by Crippen LogP contribution is -1.99. The second-order valence-electron chi connectivity index (χ2n) is 4.52. The first-order chi connectivity index (χ1) is 9.61. The molecule has 0 saturated carbocycles. The smallest absolute Gasteiger partial charge is 0.137 e. The Morgan fingerprint density at radius 1 is 1.25 bits per heavy atom. The minimum absolute atomic E-state index is 0.238. The van der Waals surface area contributed by atoms with E-state index in [0.29, 0.717) is 11.0 Å². The number of anilines is 1. The van der Waals surface area contributed by atoms with Crippen LogP contribution in [-0.2, 0) is 6.54 Å². The monoisotopic (exact) mass is 350 g/mol. The van der Waals surface area contributed by atoms with Crippen molar-refractivity contribution in [1.82, 2.24) is 4.98 Å². The molecule has 102 valence electrons. The summed E-state index contributed by atoms with van der Waals surface area (Å²) < 4.78 is 15.1. The molecule has 0 amide bonds. The Kier molecular flexibility index (Phi) is 3.72. The van der Waals surface area contributed by atoms with Crippen molar-refractivity contribution in [3.63, 3.8) is 0 Å². The number of thiazole rings is 1. The number of rotatable bonds is 3. The first-order valence-corrected chi connectivity index (χ1v) is 7.78. The van der Waals surface area contributed by atoms with Crippen LogP contribution in [0.5, 0.6) is 0 Å². The first-order valence-electron chi connectivity index (χ1n) is 6.17. The standard InChI is InChI=1S/C15H12BrFN2S/c1-9-19-14-5-3-11(7-15(14)20-9)18-8-10-2-4-12(16)13(17)6-10/h2-7,18H,8H2,1H3. The van der Waals surface area contributed by atoms with Gasteiger partial charge in [-0.3, -0.25) is 0 Å². The van der Waals surface area contributed by atoms with Crippen LogP contribution in [0.25, 0.3) is 10.2 Å². The molecule has 0 aliphatic carbocycles. The van der Waals surface area contributed by atoms with E-state index < -0.39 is 0 Å². The van der Waals surface area contributed by atoms with Crippen LogP contribution >= 0.6 is 27.3 Å². The molecule has 2 nitrogen and oxygen atoms in total. The maximum Gasteiger partial charge on any atom is 0.137 e. The largest absolute Gasteiger partial charge is 0.381 e. The highest BCUT2D eigenvalue weighted by Gasteiger charge is 2.03. The van der Waals surface area contributed by atoms with Crippen LogP contribution in [0, 0.1) is 12.7 Å². The van der Waals surface area contributed by atoms with Crippen LogP contribution in [0.1, 0.15) is 10.6 Å². The summed E-state index contributed by atoms with van der Waals surface area (Å²) in [7, 11) is 0. The van der Waals surface area contributed by atoms with Gasteiger partial charge >= 0.3 is 0 Å². The summed E-state index contributed by atoms with van der Waals surface area (Å²) in [5.41, 5.74) is 2.95. The highest BCUT2D eigenvalue weighted by Crippen LogP contribution is 2.25. The molecule has 0 atom stereocenters. The Bertz CT molecular complexity index is 770. The average molecular weight is 351 g/mol. The van der Waals surface area contributed by atoms with E-state index in [1.54, 1.807) is 17.4 Å². The minimum Gasteiger partial charge on any atom is -0.381 e. The SMILES string of the molecule is Cc1nc2ccc(NCc3ccc(Br)c(F)c3)cc2s1. The second kappa shape index (κ2) is 5.50. The van der Waals surface area contributed by atoms with Crippen LogP contribution in [0.15, 0.2) is 40.9 Å². The van der Waals surface area contributed by atoms with Crippen molar-refractivity contribution in [2.24, 2.45) is 0 Å². The van der Waals surface area contributed by atoms with Crippen molar-refractivity contribution in [3.8, 4) is 0 Å². The molecule has 1 aromatic heterocycles. The Morgan fingerprint density at radius 2 is 2.10 bits per heavy atom. The van der Waals surface area contributed by atoms with Gasteiger partial charge in [-0.05, 0) is 58.7 Å². The number of benzene rings is 2. The average Bonchev–Trinajstić information content (AvgIpc) is 2.79. The quantitative estimate of drug-likeness (QED) is 0.709. The molecule has 3 aromatic rings. The molecule has 1 heterocycles. The summed E-state index contributed by atoms with van der Waals surface area (Å²) in [5.74, 6) is -0.238. The van der Waals surface area contributed by atoms with Crippen molar-refractivity contribution >= 4 is 43.2 Å². The van der Waals surface area contributed by atoms with E-state index >= 15 is 0 Å². The third-order valence-corrected chi connectivity index (χ3v) is 4.55. The molecule has 5 heteroatoms. The number of halogens is 2. The molecule has 2 aromatic carbocycles. The van der Waals surface area contributed by atoms with Crippen molar-refractivity contribution in [2.75, 3.05) is 5.32 Å². The summed E-state index contributed by atoms with van der Waals surface area (Å²) in [5, 5.41) is 4.37. The van der Waals surface area contributed by atoms with Gasteiger partial charge in [0.1, 0.15) is 5.82 Å². The number of hydrogen-bond donors (Lipinski definition) is 1. The highest BCUT2D eigenvalue weighted by atomic mass is 79.9. The molecule has 0 spiro atoms. The van der Waals surface area contributed by atoms with Crippen molar-refractivity contribution in [3.05, 3.63) is 57.3 Å². The lowest BCUT2D eigenvalue weighted by molar-refractivity contribution is 0.619. The molecule has 0 radical (unpaired) electrons. The number of aromatic nitrogens is 1. The van der Waals surface area contributed by atoms with Crippen LogP contribution < -0.4 is 5.32 Å². The van der Waals surface area contributed by atoms with Crippen molar-refractivity contribution in [1.29, 1.82) is 0 Å². The van der Waals surface area contributed by atoms with Crippen LogP contribution in [-0.4, -0.2) is 4.98 Å². The molecule has 0 bridgehead atoms. The van der Waals surface area contributed by atoms with Gasteiger partial charge in [-0.15, -0.1) is 11.3 Å². The molecular weight excluding hydrogens is 339 g/mol. The number of aryl methyl sites for hydroxylation is 1. The van der Waals surface area contributed by atoms with Gasteiger partial charge in [-0.2, -0.15) is 0 Å². The van der Waals surface area contributed by atoms with Crippen LogP contribution in [0.2, 0.25) is 0 Å². The summed E-state index contributed by atoms with van der Waals surface area (Å²) in [6.07, 6.45) is 0. The lowest BCUT2D eigenvalue weighted by atomic mass is 10.2. The van der Waals surface area contributed by atoms with E-state index in [2.05, 4.69) is 32.3 Å². The third-order valence-electron chi connectivity index (χ3n) is 2.98. The van der Waals surface area contributed by atoms with Gasteiger partial charge in [0.25, 0.3) is 0 Å². The van der Waals surface area contributed by atoms with Gasteiger partial charge in [-0.1, -0.05) is 6.07 Å². The predicted octanol–water partition coefficient (Wildman–Crippen LogP) is 5.12. The maximum atomic E-state index is 13.4. The topological polar surface area (TPSA) is 24.9 Å². The summed E-state index contributed by atoms with van der Waals surface area (Å²) >= 11 is 4.83. The van der Waals surface area contributed by atoms with Crippen molar-refractivity contribution in [2.45, 2.75) is 13.5 Å². The molecule has 0 fully saturated rings. The minimum atomic E-state index is -0.238. The van der Waals surface area contributed by atoms with Gasteiger partial charge in [0.15, 0.2) is 0 Å². The normalized spacial score (nSPS) is 10.9. The molecule has 0 unspecified atom stereocenters. The van der Waals surface area contributed by atoms with Gasteiger partial charge in [-0.25, -0.2) is 9.37 Å². The number of nitrogens with zero attached hydrogens (tertiary/aromatic N) is 1. The summed E-state index contributed by atoms with van der Waals surface area (Å²) in [6, 6.07) is 11.2. The zero-order valence-electron chi connectivity index (χ0n) is 10.8. The van der Waals surface area contributed by atoms with Crippen LogP contribution in [0.4, 0.5) is 10.1 Å². The fourth-order valence-electron chi connectivity index (χ4n) is 2.00. The Balaban J connectivity index is 1.77. The number of hydrogen-bond acceptors (Lipinski definition) is 3. The molecule has 0 aliphatic rings. The third kappa shape index (κ3) is 2.83. The zero-order chi connectivity index (χ0) is 14.1. The Morgan fingerprint density at radius 3 is 2.90 bits per heavy atom. The van der Waals surface area contributed by atoms with Crippen molar-refractivity contribution < 1.29 is 4.39 Å². The van der Waals surface area contributed by atoms with E-state index in [9.17, 15) is 4.39 Å². The summed E-state index contributed by atoms with van der Waals surface area (Å²) in [4.78, 5) is 4.43. The van der Waals surface area contributed by atoms with E-state index in [-0.39, 0.29) is 5.82 Å². The van der Waals surface area contributed by atoms with Gasteiger partial charge in [0, 0.05) is 12.2 Å². The molecule has 20 heavy (non-hydrogen) atoms. The lowest BCUT2D eigenvalue weighted by Gasteiger charge is -2.07. The molecule has 3 rings (SSSR count). The highest BCUT2D eigenvalue weighted by molar-refractivity contribution is 9.10. The maximum absolute atomic E-state index is 13.4. The second-order valence-corrected chi connectivity index (χ2v) is 6.61. The number of fused-ring (bicyclic) bond motifs is 1. The van der Waals surface area contributed by atoms with Gasteiger partial charge in [0.2, 0.25) is 0 Å². The van der Waals surface area contributed by atoms with E-state index in [4.69, 9.17) is 0 Å². The van der Waals surface area contributed by atoms with Gasteiger partial charge < -0.3 is 5.32 Å². The van der Waals surface area contributed by atoms with E-state index in [1.165, 1.54) is 6.07 Å². The fourth-order valence-corrected chi connectivity index (χ4v) is 3.12. The molecule has 0 saturated heterocycles. The fraction of sp³-hybridized carbons (Fsp3) is 0.133. The van der Waals surface area contributed by atoms with Gasteiger partial charge in [0.05, 0.1) is 19.7 Å². The molecule has 0 aliphatic heterocycles. The van der Waals surface area contributed by atoms with Crippen LogP contribution in [0.3, 0.4) is 0 Å². The Hall–Kier alpha value is -1.46. The summed E-state index contributed by atoms with van der Waals surface area (Å²) in [6.45, 7) is 2.59. The predicted molar refractivity (Wildman–Crippen MR) is 85.8 cm³/mol. The Labute approximate surface area is 128 Å². The first kappa shape index (κ1) is 13.5. The molecule has 1 N–H and O–H groups in total. The van der Waals surface area contributed by atoms with E-state index in [0.717, 1.165) is 26.5 Å². The number of nitrogens with one attached hydrogen (secondary N) is 1.